The van der Waals surface area contributed by atoms with Gasteiger partial charge in [0.1, 0.15) is 0 Å². The van der Waals surface area contributed by atoms with Crippen LogP contribution in [0.15, 0.2) is 0 Å². The Bertz CT molecular complexity index is 259. The minimum atomic E-state index is 0.368. The van der Waals surface area contributed by atoms with Crippen molar-refractivity contribution in [2.75, 3.05) is 13.1 Å². The zero-order chi connectivity index (χ0) is 12.7. The first-order valence-corrected chi connectivity index (χ1v) is 7.35. The molecule has 1 N–H and O–H groups in total. The Labute approximate surface area is 107 Å². The second-order valence-corrected chi connectivity index (χ2v) is 7.48. The fourth-order valence-corrected chi connectivity index (χ4v) is 3.71. The Morgan fingerprint density at radius 2 is 1.76 bits per heavy atom. The van der Waals surface area contributed by atoms with Crippen LogP contribution < -0.4 is 5.32 Å². The van der Waals surface area contributed by atoms with Crippen LogP contribution in [0.5, 0.6) is 0 Å². The van der Waals surface area contributed by atoms with Gasteiger partial charge in [-0.25, -0.2) is 0 Å². The molecule has 1 saturated heterocycles. The van der Waals surface area contributed by atoms with Gasteiger partial charge in [0.25, 0.3) is 0 Å². The van der Waals surface area contributed by atoms with E-state index in [0.29, 0.717) is 23.0 Å². The molecule has 1 heterocycles. The summed E-state index contributed by atoms with van der Waals surface area (Å²) in [6.45, 7) is 14.2. The smallest absolute Gasteiger partial charge is 0.0337 e. The van der Waals surface area contributed by atoms with Crippen molar-refractivity contribution in [3.05, 3.63) is 0 Å². The molecule has 2 aliphatic rings. The third-order valence-electron chi connectivity index (χ3n) is 4.87. The Kier molecular flexibility index (Phi) is 3.57. The molecule has 0 amide bonds. The summed E-state index contributed by atoms with van der Waals surface area (Å²) in [5.41, 5.74) is 0.850. The summed E-state index contributed by atoms with van der Waals surface area (Å²) in [6.07, 6.45) is 5.64. The summed E-state index contributed by atoms with van der Waals surface area (Å²) >= 11 is 0. The molecule has 2 nitrogen and oxygen atoms in total. The molecule has 100 valence electrons. The third-order valence-corrected chi connectivity index (χ3v) is 4.87. The lowest BCUT2D eigenvalue weighted by atomic mass is 9.81. The van der Waals surface area contributed by atoms with E-state index < -0.39 is 0 Å². The average Bonchev–Trinajstić information content (AvgIpc) is 2.65. The predicted octanol–water partition coefficient (Wildman–Crippen LogP) is 3.03. The van der Waals surface area contributed by atoms with Crippen LogP contribution in [-0.2, 0) is 0 Å². The van der Waals surface area contributed by atoms with Gasteiger partial charge in [0.05, 0.1) is 0 Å². The highest BCUT2D eigenvalue weighted by atomic mass is 15.3. The second-order valence-electron chi connectivity index (χ2n) is 7.48. The van der Waals surface area contributed by atoms with Crippen LogP contribution in [-0.4, -0.2) is 35.6 Å². The van der Waals surface area contributed by atoms with E-state index in [1.807, 2.05) is 0 Å². The summed E-state index contributed by atoms with van der Waals surface area (Å²) in [5.74, 6) is 0. The lowest BCUT2D eigenvalue weighted by molar-refractivity contribution is -0.00524. The maximum absolute atomic E-state index is 3.84. The molecule has 2 heteroatoms. The van der Waals surface area contributed by atoms with Gasteiger partial charge >= 0.3 is 0 Å². The van der Waals surface area contributed by atoms with Crippen LogP contribution in [0.2, 0.25) is 0 Å². The lowest BCUT2D eigenvalue weighted by Crippen LogP contribution is -2.67. The number of rotatable bonds is 1. The van der Waals surface area contributed by atoms with Crippen molar-refractivity contribution >= 4 is 0 Å². The van der Waals surface area contributed by atoms with Crippen molar-refractivity contribution in [1.82, 2.24) is 10.2 Å². The van der Waals surface area contributed by atoms with Gasteiger partial charge in [-0.15, -0.1) is 0 Å². The molecule has 1 aliphatic carbocycles. The Morgan fingerprint density at radius 1 is 1.18 bits per heavy atom. The molecule has 0 radical (unpaired) electrons. The average molecular weight is 238 g/mol. The summed E-state index contributed by atoms with van der Waals surface area (Å²) in [5, 5.41) is 3.84. The van der Waals surface area contributed by atoms with Gasteiger partial charge < -0.3 is 5.32 Å². The lowest BCUT2D eigenvalue weighted by Gasteiger charge is -2.53. The van der Waals surface area contributed by atoms with E-state index >= 15 is 0 Å². The van der Waals surface area contributed by atoms with Crippen LogP contribution >= 0.6 is 0 Å². The van der Waals surface area contributed by atoms with Gasteiger partial charge in [0.2, 0.25) is 0 Å². The molecule has 0 bridgehead atoms. The molecule has 2 fully saturated rings. The van der Waals surface area contributed by atoms with Crippen LogP contribution in [0, 0.1) is 5.41 Å². The maximum atomic E-state index is 3.84. The van der Waals surface area contributed by atoms with E-state index in [0.717, 1.165) is 0 Å². The van der Waals surface area contributed by atoms with Crippen LogP contribution in [0.3, 0.4) is 0 Å². The molecule has 0 aromatic heterocycles. The highest BCUT2D eigenvalue weighted by Crippen LogP contribution is 2.39. The molecule has 2 rings (SSSR count). The summed E-state index contributed by atoms with van der Waals surface area (Å²) in [6, 6.07) is 1.32. The highest BCUT2D eigenvalue weighted by molar-refractivity contribution is 5.04. The number of nitrogens with one attached hydrogen (secondary N) is 1. The highest BCUT2D eigenvalue weighted by Gasteiger charge is 2.46. The van der Waals surface area contributed by atoms with E-state index in [4.69, 9.17) is 0 Å². The van der Waals surface area contributed by atoms with Gasteiger partial charge in [0.15, 0.2) is 0 Å². The standard InChI is InChI=1S/C15H30N2/c1-12(2)17-10-13(14(3,4)5)16-11-15(17)8-6-7-9-15/h12-13,16H,6-11H2,1-5H3. The Morgan fingerprint density at radius 3 is 2.24 bits per heavy atom. The van der Waals surface area contributed by atoms with E-state index in [1.54, 1.807) is 0 Å². The molecular weight excluding hydrogens is 208 g/mol. The third kappa shape index (κ3) is 2.53. The van der Waals surface area contributed by atoms with Crippen LogP contribution in [0.25, 0.3) is 0 Å². The van der Waals surface area contributed by atoms with Gasteiger partial charge in [-0.05, 0) is 32.1 Å². The molecule has 1 atom stereocenters. The van der Waals surface area contributed by atoms with E-state index in [2.05, 4.69) is 44.8 Å². The minimum Gasteiger partial charge on any atom is -0.310 e. The largest absolute Gasteiger partial charge is 0.310 e. The molecule has 1 unspecified atom stereocenters. The molecule has 1 aliphatic heterocycles. The second kappa shape index (κ2) is 4.55. The first kappa shape index (κ1) is 13.4. The molecular formula is C15H30N2. The quantitative estimate of drug-likeness (QED) is 0.755. The molecule has 1 saturated carbocycles. The van der Waals surface area contributed by atoms with Crippen molar-refractivity contribution < 1.29 is 0 Å². The van der Waals surface area contributed by atoms with Gasteiger partial charge in [-0.2, -0.15) is 0 Å². The molecule has 0 aromatic carbocycles. The molecule has 17 heavy (non-hydrogen) atoms. The van der Waals surface area contributed by atoms with Crippen molar-refractivity contribution in [2.45, 2.75) is 77.9 Å². The van der Waals surface area contributed by atoms with Crippen molar-refractivity contribution in [3.8, 4) is 0 Å². The first-order valence-electron chi connectivity index (χ1n) is 7.35. The fourth-order valence-electron chi connectivity index (χ4n) is 3.71. The van der Waals surface area contributed by atoms with Gasteiger partial charge in [0, 0.05) is 30.7 Å². The Balaban J connectivity index is 2.14. The summed E-state index contributed by atoms with van der Waals surface area (Å²) < 4.78 is 0. The summed E-state index contributed by atoms with van der Waals surface area (Å²) in [4.78, 5) is 2.80. The fraction of sp³-hybridized carbons (Fsp3) is 1.00. The monoisotopic (exact) mass is 238 g/mol. The van der Waals surface area contributed by atoms with Crippen molar-refractivity contribution in [1.29, 1.82) is 0 Å². The predicted molar refractivity (Wildman–Crippen MR) is 74.3 cm³/mol. The molecule has 0 aromatic rings. The topological polar surface area (TPSA) is 15.3 Å². The van der Waals surface area contributed by atoms with Gasteiger partial charge in [-0.3, -0.25) is 4.90 Å². The molecule has 1 spiro atoms. The SMILES string of the molecule is CC(C)N1CC(C(C)(C)C)NCC12CCCC2. The Hall–Kier alpha value is -0.0800. The van der Waals surface area contributed by atoms with Gasteiger partial charge in [-0.1, -0.05) is 33.6 Å². The first-order chi connectivity index (χ1) is 7.85. The minimum absolute atomic E-state index is 0.368. The zero-order valence-corrected chi connectivity index (χ0v) is 12.3. The van der Waals surface area contributed by atoms with Crippen LogP contribution in [0.1, 0.15) is 60.3 Å². The maximum Gasteiger partial charge on any atom is 0.0337 e. The number of nitrogens with zero attached hydrogens (tertiary/aromatic N) is 1. The summed E-state index contributed by atoms with van der Waals surface area (Å²) in [7, 11) is 0. The van der Waals surface area contributed by atoms with Crippen molar-refractivity contribution in [2.24, 2.45) is 5.41 Å². The van der Waals surface area contributed by atoms with E-state index in [-0.39, 0.29) is 0 Å². The van der Waals surface area contributed by atoms with Crippen molar-refractivity contribution in [3.63, 3.8) is 0 Å². The van der Waals surface area contributed by atoms with E-state index in [9.17, 15) is 0 Å². The van der Waals surface area contributed by atoms with Crippen LogP contribution in [0.4, 0.5) is 0 Å². The number of hydrogen-bond donors (Lipinski definition) is 1. The van der Waals surface area contributed by atoms with E-state index in [1.165, 1.54) is 38.8 Å². The number of hydrogen-bond acceptors (Lipinski definition) is 2. The normalized spacial score (nSPS) is 30.4. The number of piperazine rings is 1. The zero-order valence-electron chi connectivity index (χ0n) is 12.3.